The molecule has 1 aromatic carbocycles. The number of methoxy groups -OCH3 is 1. The van der Waals surface area contributed by atoms with Gasteiger partial charge >= 0.3 is 5.97 Å². The van der Waals surface area contributed by atoms with Crippen LogP contribution in [0, 0.1) is 0 Å². The van der Waals surface area contributed by atoms with Gasteiger partial charge in [-0.15, -0.1) is 0 Å². The molecule has 1 rings (SSSR count). The molecule has 0 bridgehead atoms. The van der Waals surface area contributed by atoms with Gasteiger partial charge in [0.05, 0.1) is 24.0 Å². The van der Waals surface area contributed by atoms with Gasteiger partial charge in [-0.2, -0.15) is 11.8 Å². The Hall–Kier alpha value is -1.36. The average Bonchev–Trinajstić information content (AvgIpc) is 2.37. The van der Waals surface area contributed by atoms with Crippen LogP contribution in [0.2, 0.25) is 0 Å². The van der Waals surface area contributed by atoms with Crippen molar-refractivity contribution in [3.8, 4) is 0 Å². The molecule has 5 heteroatoms. The van der Waals surface area contributed by atoms with Crippen molar-refractivity contribution in [3.63, 3.8) is 0 Å². The summed E-state index contributed by atoms with van der Waals surface area (Å²) in [4.78, 5) is 13.7. The molecule has 0 aromatic heterocycles. The molecule has 0 aliphatic heterocycles. The molecule has 0 amide bonds. The maximum Gasteiger partial charge on any atom is 0.340 e. The molecule has 4 nitrogen and oxygen atoms in total. The lowest BCUT2D eigenvalue weighted by molar-refractivity contribution is 0.0602. The summed E-state index contributed by atoms with van der Waals surface area (Å²) in [5.74, 6) is 0.596. The second-order valence-electron chi connectivity index (χ2n) is 4.15. The van der Waals surface area contributed by atoms with Gasteiger partial charge in [0.15, 0.2) is 0 Å². The van der Waals surface area contributed by atoms with Crippen molar-refractivity contribution >= 4 is 29.1 Å². The van der Waals surface area contributed by atoms with Gasteiger partial charge in [0.25, 0.3) is 0 Å². The standard InChI is InChI=1S/C13H20N2O2S/c1-9(8-18-4)15(2)11-7-5-6-10(12(11)14)13(16)17-3/h5-7,9H,8,14H2,1-4H3. The van der Waals surface area contributed by atoms with Crippen molar-refractivity contribution in [2.24, 2.45) is 0 Å². The van der Waals surface area contributed by atoms with Crippen molar-refractivity contribution in [2.75, 3.05) is 36.8 Å². The molecule has 100 valence electrons. The van der Waals surface area contributed by atoms with E-state index in [2.05, 4.69) is 18.1 Å². The highest BCUT2D eigenvalue weighted by Gasteiger charge is 2.17. The second-order valence-corrected chi connectivity index (χ2v) is 5.06. The number of anilines is 2. The van der Waals surface area contributed by atoms with Crippen LogP contribution >= 0.6 is 11.8 Å². The molecule has 0 saturated heterocycles. The summed E-state index contributed by atoms with van der Waals surface area (Å²) >= 11 is 1.78. The number of nitrogen functional groups attached to an aromatic ring is 1. The molecule has 0 aliphatic carbocycles. The number of benzene rings is 1. The predicted octanol–water partition coefficient (Wildman–Crippen LogP) is 2.24. The smallest absolute Gasteiger partial charge is 0.340 e. The SMILES string of the molecule is COC(=O)c1cccc(N(C)C(C)CSC)c1N. The normalized spacial score (nSPS) is 12.0. The summed E-state index contributed by atoms with van der Waals surface area (Å²) in [5, 5.41) is 0. The fraction of sp³-hybridized carbons (Fsp3) is 0.462. The zero-order valence-corrected chi connectivity index (χ0v) is 12.1. The molecular weight excluding hydrogens is 248 g/mol. The molecule has 2 N–H and O–H groups in total. The second kappa shape index (κ2) is 6.54. The van der Waals surface area contributed by atoms with Crippen molar-refractivity contribution in [1.29, 1.82) is 0 Å². The van der Waals surface area contributed by atoms with Gasteiger partial charge in [-0.1, -0.05) is 6.07 Å². The molecule has 0 fully saturated rings. The number of rotatable bonds is 5. The average molecular weight is 268 g/mol. The molecule has 0 heterocycles. The van der Waals surface area contributed by atoms with Crippen molar-refractivity contribution in [2.45, 2.75) is 13.0 Å². The van der Waals surface area contributed by atoms with Gasteiger partial charge in [0.1, 0.15) is 0 Å². The highest BCUT2D eigenvalue weighted by molar-refractivity contribution is 7.98. The Kier molecular flexibility index (Phi) is 5.34. The summed E-state index contributed by atoms with van der Waals surface area (Å²) in [5.41, 5.74) is 7.79. The van der Waals surface area contributed by atoms with Crippen LogP contribution in [0.5, 0.6) is 0 Å². The minimum atomic E-state index is -0.403. The third kappa shape index (κ3) is 3.10. The maximum absolute atomic E-state index is 11.6. The molecule has 1 unspecified atom stereocenters. The molecule has 0 saturated carbocycles. The Morgan fingerprint density at radius 1 is 1.56 bits per heavy atom. The maximum atomic E-state index is 11.6. The number of carbonyl (C=O) groups excluding carboxylic acids is 1. The number of para-hydroxylation sites is 1. The molecule has 0 spiro atoms. The van der Waals surface area contributed by atoms with E-state index < -0.39 is 5.97 Å². The van der Waals surface area contributed by atoms with E-state index >= 15 is 0 Å². The molecule has 1 aromatic rings. The van der Waals surface area contributed by atoms with Crippen LogP contribution < -0.4 is 10.6 Å². The van der Waals surface area contributed by atoms with Gasteiger partial charge in [-0.25, -0.2) is 4.79 Å². The number of nitrogens with zero attached hydrogens (tertiary/aromatic N) is 1. The van der Waals surface area contributed by atoms with Crippen LogP contribution in [-0.2, 0) is 4.74 Å². The van der Waals surface area contributed by atoms with Gasteiger partial charge in [-0.3, -0.25) is 0 Å². The number of thioether (sulfide) groups is 1. The number of esters is 1. The van der Waals surface area contributed by atoms with Crippen LogP contribution in [0.4, 0.5) is 11.4 Å². The number of carbonyl (C=O) groups is 1. The lowest BCUT2D eigenvalue weighted by Crippen LogP contribution is -2.31. The van der Waals surface area contributed by atoms with E-state index in [1.54, 1.807) is 17.8 Å². The highest BCUT2D eigenvalue weighted by atomic mass is 32.2. The van der Waals surface area contributed by atoms with E-state index in [0.717, 1.165) is 11.4 Å². The number of hydrogen-bond acceptors (Lipinski definition) is 5. The fourth-order valence-corrected chi connectivity index (χ4v) is 2.44. The Morgan fingerprint density at radius 2 is 2.22 bits per heavy atom. The van der Waals surface area contributed by atoms with Crippen LogP contribution in [0.15, 0.2) is 18.2 Å². The van der Waals surface area contributed by atoms with Gasteiger partial charge in [-0.05, 0) is 25.3 Å². The van der Waals surface area contributed by atoms with E-state index in [-0.39, 0.29) is 0 Å². The first-order valence-electron chi connectivity index (χ1n) is 5.71. The Balaban J connectivity index is 3.06. The Labute approximate surface area is 112 Å². The first-order chi connectivity index (χ1) is 8.52. The molecule has 0 radical (unpaired) electrons. The number of hydrogen-bond donors (Lipinski definition) is 1. The summed E-state index contributed by atoms with van der Waals surface area (Å²) in [6.07, 6.45) is 2.07. The Bertz CT molecular complexity index is 423. The predicted molar refractivity (Wildman–Crippen MR) is 78.4 cm³/mol. The monoisotopic (exact) mass is 268 g/mol. The summed E-state index contributed by atoms with van der Waals surface area (Å²) in [7, 11) is 3.34. The largest absolute Gasteiger partial charge is 0.465 e. The third-order valence-electron chi connectivity index (χ3n) is 2.94. The van der Waals surface area contributed by atoms with Gasteiger partial charge in [0.2, 0.25) is 0 Å². The first kappa shape index (κ1) is 14.7. The topological polar surface area (TPSA) is 55.6 Å². The summed E-state index contributed by atoms with van der Waals surface area (Å²) in [6.45, 7) is 2.13. The van der Waals surface area contributed by atoms with Crippen LogP contribution in [0.1, 0.15) is 17.3 Å². The molecule has 1 atom stereocenters. The van der Waals surface area contributed by atoms with Crippen LogP contribution in [0.25, 0.3) is 0 Å². The lowest BCUT2D eigenvalue weighted by atomic mass is 10.1. The zero-order valence-electron chi connectivity index (χ0n) is 11.3. The lowest BCUT2D eigenvalue weighted by Gasteiger charge is -2.28. The first-order valence-corrected chi connectivity index (χ1v) is 7.10. The van der Waals surface area contributed by atoms with Crippen LogP contribution in [0.3, 0.4) is 0 Å². The van der Waals surface area contributed by atoms with Crippen molar-refractivity contribution < 1.29 is 9.53 Å². The number of nitrogens with two attached hydrogens (primary N) is 1. The van der Waals surface area contributed by atoms with Crippen molar-refractivity contribution in [3.05, 3.63) is 23.8 Å². The quantitative estimate of drug-likeness (QED) is 0.655. The molecular formula is C13H20N2O2S. The fourth-order valence-electron chi connectivity index (χ4n) is 1.74. The minimum Gasteiger partial charge on any atom is -0.465 e. The highest BCUT2D eigenvalue weighted by Crippen LogP contribution is 2.28. The minimum absolute atomic E-state index is 0.343. The third-order valence-corrected chi connectivity index (χ3v) is 3.75. The van der Waals surface area contributed by atoms with Crippen molar-refractivity contribution in [1.82, 2.24) is 0 Å². The zero-order chi connectivity index (χ0) is 13.7. The van der Waals surface area contributed by atoms with Gasteiger partial charge in [0, 0.05) is 18.8 Å². The molecule has 18 heavy (non-hydrogen) atoms. The number of ether oxygens (including phenoxy) is 1. The summed E-state index contributed by atoms with van der Waals surface area (Å²) in [6, 6.07) is 5.76. The van der Waals surface area contributed by atoms with E-state index in [4.69, 9.17) is 10.5 Å². The molecule has 0 aliphatic rings. The summed E-state index contributed by atoms with van der Waals surface area (Å²) < 4.78 is 4.72. The van der Waals surface area contributed by atoms with E-state index in [1.165, 1.54) is 7.11 Å². The Morgan fingerprint density at radius 3 is 2.78 bits per heavy atom. The van der Waals surface area contributed by atoms with Crippen LogP contribution in [-0.4, -0.2) is 38.2 Å². The van der Waals surface area contributed by atoms with E-state index in [9.17, 15) is 4.79 Å². The van der Waals surface area contributed by atoms with E-state index in [0.29, 0.717) is 17.3 Å². The van der Waals surface area contributed by atoms with Gasteiger partial charge < -0.3 is 15.4 Å². The van der Waals surface area contributed by atoms with E-state index in [1.807, 2.05) is 19.2 Å².